The summed E-state index contributed by atoms with van der Waals surface area (Å²) in [7, 11) is 0. The summed E-state index contributed by atoms with van der Waals surface area (Å²) in [4.78, 5) is 17.2. The molecular weight excluding hydrogens is 231 g/mol. The minimum Gasteiger partial charge on any atom is -0.323 e. The number of benzene rings is 1. The van der Waals surface area contributed by atoms with Crippen LogP contribution in [0.3, 0.4) is 0 Å². The third kappa shape index (κ3) is 1.97. The number of amidine groups is 1. The molecule has 0 atom stereocenters. The topological polar surface area (TPSA) is 32.7 Å². The Morgan fingerprint density at radius 1 is 1.28 bits per heavy atom. The number of carbonyl (C=O) groups is 1. The molecule has 1 amide bonds. The van der Waals surface area contributed by atoms with Crippen LogP contribution in [0.25, 0.3) is 0 Å². The Morgan fingerprint density at radius 2 is 2.06 bits per heavy atom. The van der Waals surface area contributed by atoms with Gasteiger partial charge >= 0.3 is 0 Å². The predicted molar refractivity (Wildman–Crippen MR) is 66.5 cm³/mol. The van der Waals surface area contributed by atoms with Crippen molar-refractivity contribution in [2.45, 2.75) is 6.42 Å². The second-order valence-corrected chi connectivity index (χ2v) is 4.29. The van der Waals surface area contributed by atoms with E-state index in [4.69, 9.17) is 0 Å². The highest BCUT2D eigenvalue weighted by Crippen LogP contribution is 2.20. The van der Waals surface area contributed by atoms with Gasteiger partial charge in [0.15, 0.2) is 0 Å². The number of nitrogens with zero attached hydrogens (tertiary/aromatic N) is 2. The molecule has 0 radical (unpaired) electrons. The van der Waals surface area contributed by atoms with E-state index in [2.05, 4.69) is 4.99 Å². The Balaban J connectivity index is 1.86. The van der Waals surface area contributed by atoms with Gasteiger partial charge in [-0.2, -0.15) is 4.99 Å². The van der Waals surface area contributed by atoms with Gasteiger partial charge in [-0.05, 0) is 29.3 Å². The van der Waals surface area contributed by atoms with Crippen LogP contribution < -0.4 is 0 Å². The van der Waals surface area contributed by atoms with Gasteiger partial charge in [-0.3, -0.25) is 4.79 Å². The number of hydrogen-bond acceptors (Lipinski definition) is 2. The first-order valence-electron chi connectivity index (χ1n) is 5.73. The molecule has 1 aromatic carbocycles. The van der Waals surface area contributed by atoms with E-state index in [0.29, 0.717) is 18.8 Å². The van der Waals surface area contributed by atoms with Crippen molar-refractivity contribution < 1.29 is 9.18 Å². The van der Waals surface area contributed by atoms with Crippen molar-refractivity contribution >= 4 is 11.7 Å². The summed E-state index contributed by atoms with van der Waals surface area (Å²) in [5.74, 6) is 0.347. The summed E-state index contributed by atoms with van der Waals surface area (Å²) in [6.45, 7) is 0.312. The van der Waals surface area contributed by atoms with Crippen LogP contribution in [0.15, 0.2) is 53.2 Å². The molecule has 0 N–H and O–H groups in total. The lowest BCUT2D eigenvalue weighted by Gasteiger charge is -2.20. The van der Waals surface area contributed by atoms with Crippen LogP contribution in [0.4, 0.5) is 4.39 Å². The highest BCUT2D eigenvalue weighted by Gasteiger charge is 2.25. The number of hydrogen-bond donors (Lipinski definition) is 0. The van der Waals surface area contributed by atoms with Crippen LogP contribution in [0, 0.1) is 5.82 Å². The molecule has 1 aromatic rings. The molecule has 18 heavy (non-hydrogen) atoms. The largest absolute Gasteiger partial charge is 0.323 e. The molecule has 3 rings (SSSR count). The van der Waals surface area contributed by atoms with Crippen molar-refractivity contribution in [1.29, 1.82) is 0 Å². The van der Waals surface area contributed by atoms with Crippen molar-refractivity contribution in [1.82, 2.24) is 4.90 Å². The molecule has 2 heterocycles. The molecular formula is C14H11FN2O. The summed E-state index contributed by atoms with van der Waals surface area (Å²) < 4.78 is 12.8. The van der Waals surface area contributed by atoms with Crippen LogP contribution in [-0.2, 0) is 11.2 Å². The molecule has 0 aliphatic carbocycles. The van der Waals surface area contributed by atoms with Crippen molar-refractivity contribution in [3.63, 3.8) is 0 Å². The van der Waals surface area contributed by atoms with Gasteiger partial charge in [0.05, 0.1) is 0 Å². The third-order valence-electron chi connectivity index (χ3n) is 2.97. The summed E-state index contributed by atoms with van der Waals surface area (Å²) in [5.41, 5.74) is 1.98. The first-order valence-corrected chi connectivity index (χ1v) is 5.73. The number of halogens is 1. The lowest BCUT2D eigenvalue weighted by molar-refractivity contribution is -0.116. The maximum Gasteiger partial charge on any atom is 0.267 e. The molecule has 0 fully saturated rings. The smallest absolute Gasteiger partial charge is 0.267 e. The van der Waals surface area contributed by atoms with E-state index < -0.39 is 0 Å². The first kappa shape index (κ1) is 10.9. The average molecular weight is 242 g/mol. The number of fused-ring (bicyclic) bond motifs is 1. The maximum atomic E-state index is 12.8. The summed E-state index contributed by atoms with van der Waals surface area (Å²) in [6.07, 6.45) is 6.33. The van der Waals surface area contributed by atoms with Gasteiger partial charge in [0.25, 0.3) is 5.91 Å². The average Bonchev–Trinajstić information content (AvgIpc) is 2.73. The van der Waals surface area contributed by atoms with Crippen LogP contribution in [-0.4, -0.2) is 23.2 Å². The van der Waals surface area contributed by atoms with Crippen molar-refractivity contribution in [3.8, 4) is 0 Å². The van der Waals surface area contributed by atoms with Crippen LogP contribution in [0.5, 0.6) is 0 Å². The molecule has 2 aliphatic rings. The van der Waals surface area contributed by atoms with Gasteiger partial charge in [-0.15, -0.1) is 0 Å². The first-order chi connectivity index (χ1) is 8.72. The van der Waals surface area contributed by atoms with Crippen molar-refractivity contribution in [2.75, 3.05) is 6.54 Å². The number of aliphatic imine (C=N–C) groups is 1. The number of allylic oxidation sites excluding steroid dienone is 2. The SMILES string of the molecule is O=C1CN2C=CC=C(Cc3ccc(F)cc3)C2=N1. The summed E-state index contributed by atoms with van der Waals surface area (Å²) in [5, 5.41) is 0. The zero-order chi connectivity index (χ0) is 12.5. The van der Waals surface area contributed by atoms with E-state index in [1.165, 1.54) is 12.1 Å². The predicted octanol–water partition coefficient (Wildman–Crippen LogP) is 2.06. The highest BCUT2D eigenvalue weighted by atomic mass is 19.1. The van der Waals surface area contributed by atoms with Gasteiger partial charge in [0.2, 0.25) is 0 Å². The Bertz CT molecular complexity index is 584. The number of rotatable bonds is 2. The number of carbonyl (C=O) groups excluding carboxylic acids is 1. The fourth-order valence-electron chi connectivity index (χ4n) is 2.12. The zero-order valence-corrected chi connectivity index (χ0v) is 9.64. The lowest BCUT2D eigenvalue weighted by Crippen LogP contribution is -2.26. The molecule has 0 aromatic heterocycles. The molecule has 0 saturated carbocycles. The summed E-state index contributed by atoms with van der Waals surface area (Å²) >= 11 is 0. The standard InChI is InChI=1S/C14H11FN2O/c15-12-5-3-10(4-6-12)8-11-2-1-7-17-9-13(18)16-14(11)17/h1-7H,8-9H2. The Hall–Kier alpha value is -2.23. The van der Waals surface area contributed by atoms with Crippen LogP contribution in [0.1, 0.15) is 5.56 Å². The molecule has 2 aliphatic heterocycles. The zero-order valence-electron chi connectivity index (χ0n) is 9.64. The Morgan fingerprint density at radius 3 is 2.83 bits per heavy atom. The minimum atomic E-state index is -0.244. The fraction of sp³-hybridized carbons (Fsp3) is 0.143. The van der Waals surface area contributed by atoms with Crippen LogP contribution >= 0.6 is 0 Å². The van der Waals surface area contributed by atoms with E-state index in [9.17, 15) is 9.18 Å². The van der Waals surface area contributed by atoms with E-state index in [1.807, 2.05) is 23.3 Å². The second-order valence-electron chi connectivity index (χ2n) is 4.29. The maximum absolute atomic E-state index is 12.8. The van der Waals surface area contributed by atoms with Gasteiger partial charge in [-0.25, -0.2) is 4.39 Å². The van der Waals surface area contributed by atoms with Gasteiger partial charge in [0, 0.05) is 12.6 Å². The number of amides is 1. The third-order valence-corrected chi connectivity index (χ3v) is 2.97. The van der Waals surface area contributed by atoms with E-state index in [-0.39, 0.29) is 11.7 Å². The highest BCUT2D eigenvalue weighted by molar-refractivity contribution is 6.11. The van der Waals surface area contributed by atoms with E-state index in [0.717, 1.165) is 11.1 Å². The molecule has 0 unspecified atom stereocenters. The monoisotopic (exact) mass is 242 g/mol. The normalized spacial score (nSPS) is 17.6. The Kier molecular flexibility index (Phi) is 2.55. The van der Waals surface area contributed by atoms with Crippen LogP contribution in [0.2, 0.25) is 0 Å². The van der Waals surface area contributed by atoms with Gasteiger partial charge in [-0.1, -0.05) is 18.2 Å². The molecule has 0 bridgehead atoms. The quantitative estimate of drug-likeness (QED) is 0.795. The summed E-state index contributed by atoms with van der Waals surface area (Å²) in [6, 6.07) is 6.37. The van der Waals surface area contributed by atoms with Crippen molar-refractivity contribution in [3.05, 3.63) is 59.6 Å². The van der Waals surface area contributed by atoms with Crippen molar-refractivity contribution in [2.24, 2.45) is 4.99 Å². The fourth-order valence-corrected chi connectivity index (χ4v) is 2.12. The van der Waals surface area contributed by atoms with Gasteiger partial charge in [0.1, 0.15) is 18.2 Å². The second kappa shape index (κ2) is 4.22. The molecule has 3 nitrogen and oxygen atoms in total. The molecule has 0 spiro atoms. The molecule has 0 saturated heterocycles. The molecule has 90 valence electrons. The lowest BCUT2D eigenvalue weighted by atomic mass is 10.0. The molecule has 4 heteroatoms. The van der Waals surface area contributed by atoms with E-state index in [1.54, 1.807) is 12.1 Å². The Labute approximate surface area is 104 Å². The van der Waals surface area contributed by atoms with E-state index >= 15 is 0 Å². The minimum absolute atomic E-state index is 0.124. The van der Waals surface area contributed by atoms with Gasteiger partial charge < -0.3 is 4.90 Å².